The number of sulfone groups is 1. The second kappa shape index (κ2) is 4.84. The van der Waals surface area contributed by atoms with Gasteiger partial charge in [-0.15, -0.1) is 0 Å². The summed E-state index contributed by atoms with van der Waals surface area (Å²) < 4.78 is 34.0. The molecule has 2 aliphatic heterocycles. The second-order valence-electron chi connectivity index (χ2n) is 5.31. The summed E-state index contributed by atoms with van der Waals surface area (Å²) >= 11 is 0. The lowest BCUT2D eigenvalue weighted by molar-refractivity contribution is -0.137. The van der Waals surface area contributed by atoms with Gasteiger partial charge in [-0.05, 0) is 26.7 Å². The lowest BCUT2D eigenvalue weighted by atomic mass is 10.2. The van der Waals surface area contributed by atoms with Crippen LogP contribution in [0.25, 0.3) is 0 Å². The van der Waals surface area contributed by atoms with E-state index >= 15 is 0 Å². The monoisotopic (exact) mass is 263 g/mol. The predicted octanol–water partition coefficient (Wildman–Crippen LogP) is 0.305. The minimum absolute atomic E-state index is 0.0228. The molecule has 0 radical (unpaired) electrons. The summed E-state index contributed by atoms with van der Waals surface area (Å²) in [5, 5.41) is 3.27. The van der Waals surface area contributed by atoms with E-state index in [1.54, 1.807) is 0 Å². The summed E-state index contributed by atoms with van der Waals surface area (Å²) in [7, 11) is -2.84. The van der Waals surface area contributed by atoms with Crippen molar-refractivity contribution < 1.29 is 17.9 Å². The van der Waals surface area contributed by atoms with E-state index < -0.39 is 15.6 Å². The number of nitrogens with one attached hydrogen (secondary N) is 1. The van der Waals surface area contributed by atoms with Crippen molar-refractivity contribution in [2.75, 3.05) is 24.7 Å². The zero-order chi connectivity index (χ0) is 12.5. The number of hydrogen-bond acceptors (Lipinski definition) is 5. The third-order valence-corrected chi connectivity index (χ3v) is 4.99. The molecule has 0 aliphatic carbocycles. The van der Waals surface area contributed by atoms with Crippen LogP contribution in [0.5, 0.6) is 0 Å². The first-order valence-corrected chi connectivity index (χ1v) is 7.94. The molecule has 2 rings (SSSR count). The van der Waals surface area contributed by atoms with Crippen molar-refractivity contribution >= 4 is 9.84 Å². The Morgan fingerprint density at radius 3 is 2.76 bits per heavy atom. The van der Waals surface area contributed by atoms with E-state index in [1.807, 2.05) is 13.8 Å². The van der Waals surface area contributed by atoms with Gasteiger partial charge in [-0.3, -0.25) is 0 Å². The molecule has 0 amide bonds. The molecule has 0 spiro atoms. The minimum Gasteiger partial charge on any atom is -0.348 e. The Kier molecular flexibility index (Phi) is 3.77. The highest BCUT2D eigenvalue weighted by Crippen LogP contribution is 2.22. The molecule has 1 N–H and O–H groups in total. The van der Waals surface area contributed by atoms with Gasteiger partial charge in [0.15, 0.2) is 15.6 Å². The Hall–Kier alpha value is -0.170. The molecule has 2 fully saturated rings. The molecular weight excluding hydrogens is 242 g/mol. The highest BCUT2D eigenvalue weighted by Gasteiger charge is 2.33. The highest BCUT2D eigenvalue weighted by molar-refractivity contribution is 7.91. The van der Waals surface area contributed by atoms with Crippen molar-refractivity contribution in [3.05, 3.63) is 0 Å². The minimum atomic E-state index is -2.84. The van der Waals surface area contributed by atoms with Crippen LogP contribution < -0.4 is 5.32 Å². The largest absolute Gasteiger partial charge is 0.348 e. The van der Waals surface area contributed by atoms with Gasteiger partial charge in [0.2, 0.25) is 0 Å². The molecule has 100 valence electrons. The zero-order valence-electron chi connectivity index (χ0n) is 10.4. The van der Waals surface area contributed by atoms with Crippen LogP contribution in [-0.2, 0) is 19.3 Å². The molecule has 0 saturated carbocycles. The lowest BCUT2D eigenvalue weighted by Crippen LogP contribution is -2.43. The molecule has 17 heavy (non-hydrogen) atoms. The molecule has 5 nitrogen and oxygen atoms in total. The Morgan fingerprint density at radius 1 is 1.41 bits per heavy atom. The van der Waals surface area contributed by atoms with Crippen LogP contribution in [0, 0.1) is 0 Å². The summed E-state index contributed by atoms with van der Waals surface area (Å²) in [6.07, 6.45) is 1.71. The number of ether oxygens (including phenoxy) is 2. The molecule has 2 atom stereocenters. The van der Waals surface area contributed by atoms with Crippen LogP contribution in [0.2, 0.25) is 0 Å². The van der Waals surface area contributed by atoms with Gasteiger partial charge in [0.25, 0.3) is 0 Å². The summed E-state index contributed by atoms with van der Waals surface area (Å²) in [5.41, 5.74) is 0. The molecule has 0 aromatic heterocycles. The maximum Gasteiger partial charge on any atom is 0.163 e. The second-order valence-corrected chi connectivity index (χ2v) is 7.54. The molecule has 2 aliphatic rings. The van der Waals surface area contributed by atoms with Gasteiger partial charge in [-0.2, -0.15) is 0 Å². The molecule has 6 heteroatoms. The smallest absolute Gasteiger partial charge is 0.163 e. The molecule has 2 unspecified atom stereocenters. The van der Waals surface area contributed by atoms with Crippen molar-refractivity contribution in [2.24, 2.45) is 0 Å². The number of hydrogen-bond donors (Lipinski definition) is 1. The molecule has 2 heterocycles. The van der Waals surface area contributed by atoms with E-state index in [0.717, 1.165) is 12.8 Å². The van der Waals surface area contributed by atoms with Crippen molar-refractivity contribution in [2.45, 2.75) is 44.6 Å². The van der Waals surface area contributed by atoms with Crippen LogP contribution in [0.1, 0.15) is 26.7 Å². The average molecular weight is 263 g/mol. The Balaban J connectivity index is 1.76. The third-order valence-electron chi connectivity index (χ3n) is 3.16. The third kappa shape index (κ3) is 3.91. The first-order chi connectivity index (χ1) is 7.86. The maximum absolute atomic E-state index is 11.5. The van der Waals surface area contributed by atoms with Gasteiger partial charge in [-0.1, -0.05) is 0 Å². The summed E-state index contributed by atoms with van der Waals surface area (Å²) in [6, 6.07) is 0.0704. The molecule has 0 aromatic carbocycles. The predicted molar refractivity (Wildman–Crippen MR) is 64.6 cm³/mol. The fraction of sp³-hybridized carbons (Fsp3) is 1.00. The van der Waals surface area contributed by atoms with E-state index in [-0.39, 0.29) is 17.9 Å². The fourth-order valence-electron chi connectivity index (χ4n) is 2.35. The summed E-state index contributed by atoms with van der Waals surface area (Å²) in [4.78, 5) is 0. The SMILES string of the molecule is CC1(C)OCC(CNC2CCCS(=O)(=O)C2)O1. The standard InChI is InChI=1S/C11H21NO4S/c1-11(2)15-7-10(16-11)6-12-9-4-3-5-17(13,14)8-9/h9-10,12H,3-8H2,1-2H3. The van der Waals surface area contributed by atoms with E-state index in [1.165, 1.54) is 0 Å². The van der Waals surface area contributed by atoms with Crippen molar-refractivity contribution in [3.63, 3.8) is 0 Å². The molecule has 0 aromatic rings. The average Bonchev–Trinajstić information content (AvgIpc) is 2.54. The first-order valence-electron chi connectivity index (χ1n) is 6.12. The zero-order valence-corrected chi connectivity index (χ0v) is 11.3. The van der Waals surface area contributed by atoms with Crippen LogP contribution in [0.4, 0.5) is 0 Å². The molecule has 0 bridgehead atoms. The van der Waals surface area contributed by atoms with E-state index in [0.29, 0.717) is 18.9 Å². The highest BCUT2D eigenvalue weighted by atomic mass is 32.2. The van der Waals surface area contributed by atoms with Gasteiger partial charge in [-0.25, -0.2) is 8.42 Å². The first kappa shape index (κ1) is 13.3. The Bertz CT molecular complexity index is 366. The Labute approximate surface area is 103 Å². The van der Waals surface area contributed by atoms with Gasteiger partial charge in [0.05, 0.1) is 24.2 Å². The van der Waals surface area contributed by atoms with Crippen LogP contribution >= 0.6 is 0 Å². The van der Waals surface area contributed by atoms with Gasteiger partial charge in [0.1, 0.15) is 0 Å². The van der Waals surface area contributed by atoms with Gasteiger partial charge >= 0.3 is 0 Å². The van der Waals surface area contributed by atoms with Crippen molar-refractivity contribution in [3.8, 4) is 0 Å². The van der Waals surface area contributed by atoms with Crippen LogP contribution in [0.3, 0.4) is 0 Å². The molecular formula is C11H21NO4S. The number of rotatable bonds is 3. The van der Waals surface area contributed by atoms with E-state index in [2.05, 4.69) is 5.32 Å². The van der Waals surface area contributed by atoms with Crippen molar-refractivity contribution in [1.29, 1.82) is 0 Å². The quantitative estimate of drug-likeness (QED) is 0.793. The van der Waals surface area contributed by atoms with E-state index in [9.17, 15) is 8.42 Å². The molecule has 2 saturated heterocycles. The van der Waals surface area contributed by atoms with Crippen LogP contribution in [0.15, 0.2) is 0 Å². The topological polar surface area (TPSA) is 64.6 Å². The Morgan fingerprint density at radius 2 is 2.18 bits per heavy atom. The fourth-order valence-corrected chi connectivity index (χ4v) is 4.02. The summed E-state index contributed by atoms with van der Waals surface area (Å²) in [6.45, 7) is 5.00. The normalized spacial score (nSPS) is 35.9. The summed E-state index contributed by atoms with van der Waals surface area (Å²) in [5.74, 6) is 0.0796. The van der Waals surface area contributed by atoms with Gasteiger partial charge < -0.3 is 14.8 Å². The maximum atomic E-state index is 11.5. The van der Waals surface area contributed by atoms with Gasteiger partial charge in [0, 0.05) is 12.6 Å². The van der Waals surface area contributed by atoms with E-state index in [4.69, 9.17) is 9.47 Å². The van der Waals surface area contributed by atoms with Crippen LogP contribution in [-0.4, -0.2) is 51.0 Å². The lowest BCUT2D eigenvalue weighted by Gasteiger charge is -2.24. The van der Waals surface area contributed by atoms with Crippen molar-refractivity contribution in [1.82, 2.24) is 5.32 Å².